The third kappa shape index (κ3) is 4.62. The fourth-order valence-electron chi connectivity index (χ4n) is 2.60. The Bertz CT molecular complexity index is 1010. The molecular formula is C20H17Cl2NO4. The highest BCUT2D eigenvalue weighted by Crippen LogP contribution is 2.26. The Morgan fingerprint density at radius 1 is 1.19 bits per heavy atom. The van der Waals surface area contributed by atoms with Crippen LogP contribution in [-0.4, -0.2) is 18.0 Å². The van der Waals surface area contributed by atoms with Crippen LogP contribution in [0, 0.1) is 6.92 Å². The Balaban J connectivity index is 1.61. The lowest BCUT2D eigenvalue weighted by molar-refractivity contribution is -0.152. The van der Waals surface area contributed by atoms with Gasteiger partial charge in [0.25, 0.3) is 5.91 Å². The molecule has 0 aliphatic rings. The number of esters is 1. The van der Waals surface area contributed by atoms with E-state index < -0.39 is 18.0 Å². The third-order valence-electron chi connectivity index (χ3n) is 4.01. The molecule has 0 bridgehead atoms. The van der Waals surface area contributed by atoms with Crippen LogP contribution in [0.15, 0.2) is 47.1 Å². The number of benzene rings is 2. The molecule has 1 amide bonds. The second kappa shape index (κ2) is 8.03. The Morgan fingerprint density at radius 2 is 1.96 bits per heavy atom. The van der Waals surface area contributed by atoms with Crippen LogP contribution in [0.3, 0.4) is 0 Å². The average molecular weight is 406 g/mol. The minimum atomic E-state index is -0.982. The van der Waals surface area contributed by atoms with Gasteiger partial charge in [0.1, 0.15) is 5.58 Å². The first-order chi connectivity index (χ1) is 12.8. The normalized spacial score (nSPS) is 12.0. The molecule has 0 spiro atoms. The van der Waals surface area contributed by atoms with Gasteiger partial charge in [-0.15, -0.1) is 0 Å². The second-order valence-electron chi connectivity index (χ2n) is 6.18. The zero-order chi connectivity index (χ0) is 19.6. The fourth-order valence-corrected chi connectivity index (χ4v) is 3.06. The van der Waals surface area contributed by atoms with Crippen molar-refractivity contribution in [1.82, 2.24) is 0 Å². The Hall–Kier alpha value is -2.50. The molecule has 140 valence electrons. The van der Waals surface area contributed by atoms with Gasteiger partial charge in [-0.3, -0.25) is 9.59 Å². The van der Waals surface area contributed by atoms with Crippen molar-refractivity contribution in [2.45, 2.75) is 26.4 Å². The highest BCUT2D eigenvalue weighted by molar-refractivity contribution is 6.36. The number of ether oxygens (including phenoxy) is 1. The molecule has 1 heterocycles. The van der Waals surface area contributed by atoms with Crippen LogP contribution in [0.4, 0.5) is 5.69 Å². The van der Waals surface area contributed by atoms with E-state index in [0.29, 0.717) is 26.9 Å². The van der Waals surface area contributed by atoms with Crippen molar-refractivity contribution in [1.29, 1.82) is 0 Å². The summed E-state index contributed by atoms with van der Waals surface area (Å²) in [6.07, 6.45) is 0.559. The summed E-state index contributed by atoms with van der Waals surface area (Å²) in [6, 6.07) is 10.4. The Morgan fingerprint density at radius 3 is 2.70 bits per heavy atom. The van der Waals surface area contributed by atoms with Crippen LogP contribution < -0.4 is 5.32 Å². The molecule has 1 aromatic heterocycles. The van der Waals surface area contributed by atoms with E-state index in [2.05, 4.69) is 5.32 Å². The maximum Gasteiger partial charge on any atom is 0.311 e. The van der Waals surface area contributed by atoms with Gasteiger partial charge in [0, 0.05) is 16.0 Å². The summed E-state index contributed by atoms with van der Waals surface area (Å²) in [4.78, 5) is 24.5. The first-order valence-corrected chi connectivity index (χ1v) is 9.01. The van der Waals surface area contributed by atoms with E-state index in [1.165, 1.54) is 19.3 Å². The van der Waals surface area contributed by atoms with Gasteiger partial charge >= 0.3 is 5.97 Å². The maximum atomic E-state index is 12.2. The summed E-state index contributed by atoms with van der Waals surface area (Å²) >= 11 is 11.9. The minimum Gasteiger partial charge on any atom is -0.464 e. The summed E-state index contributed by atoms with van der Waals surface area (Å²) in [5, 5.41) is 4.22. The number of rotatable bonds is 5. The van der Waals surface area contributed by atoms with Crippen LogP contribution in [0.25, 0.3) is 11.0 Å². The van der Waals surface area contributed by atoms with Crippen molar-refractivity contribution >= 4 is 51.7 Å². The van der Waals surface area contributed by atoms with Gasteiger partial charge in [-0.1, -0.05) is 35.3 Å². The SMILES string of the molecule is Cc1ccc2c(CC(=O)OC(C)C(=O)Nc3ccc(Cl)cc3Cl)coc2c1. The molecule has 0 saturated heterocycles. The van der Waals surface area contributed by atoms with E-state index in [1.807, 2.05) is 25.1 Å². The number of nitrogens with one attached hydrogen (secondary N) is 1. The molecule has 27 heavy (non-hydrogen) atoms. The van der Waals surface area contributed by atoms with Crippen LogP contribution in [0.1, 0.15) is 18.1 Å². The lowest BCUT2D eigenvalue weighted by atomic mass is 10.1. The molecule has 7 heteroatoms. The Labute approximate surface area is 166 Å². The van der Waals surface area contributed by atoms with E-state index in [1.54, 1.807) is 12.1 Å². The van der Waals surface area contributed by atoms with Gasteiger partial charge < -0.3 is 14.5 Å². The fraction of sp³-hybridized carbons (Fsp3) is 0.200. The molecule has 2 aromatic carbocycles. The summed E-state index contributed by atoms with van der Waals surface area (Å²) in [6.45, 7) is 3.46. The molecule has 0 fully saturated rings. The standard InChI is InChI=1S/C20H17Cl2NO4/c1-11-3-5-15-13(10-26-18(15)7-11)8-19(24)27-12(2)20(25)23-17-6-4-14(21)9-16(17)22/h3-7,9-10,12H,8H2,1-2H3,(H,23,25). The van der Waals surface area contributed by atoms with Crippen molar-refractivity contribution in [2.24, 2.45) is 0 Å². The molecule has 1 atom stereocenters. The number of amides is 1. The monoisotopic (exact) mass is 405 g/mol. The van der Waals surface area contributed by atoms with Crippen molar-refractivity contribution in [3.05, 3.63) is 63.8 Å². The number of halogens is 2. The number of carbonyl (C=O) groups is 2. The highest BCUT2D eigenvalue weighted by atomic mass is 35.5. The average Bonchev–Trinajstić information content (AvgIpc) is 2.98. The van der Waals surface area contributed by atoms with E-state index >= 15 is 0 Å². The van der Waals surface area contributed by atoms with E-state index in [0.717, 1.165) is 10.9 Å². The molecule has 0 radical (unpaired) electrons. The van der Waals surface area contributed by atoms with Gasteiger partial charge in [0.05, 0.1) is 23.4 Å². The first-order valence-electron chi connectivity index (χ1n) is 8.25. The van der Waals surface area contributed by atoms with Gasteiger partial charge in [0.2, 0.25) is 0 Å². The first kappa shape index (κ1) is 19.3. The van der Waals surface area contributed by atoms with E-state index in [9.17, 15) is 9.59 Å². The van der Waals surface area contributed by atoms with Crippen molar-refractivity contribution in [3.63, 3.8) is 0 Å². The van der Waals surface area contributed by atoms with Crippen LogP contribution in [0.5, 0.6) is 0 Å². The predicted molar refractivity (Wildman–Crippen MR) is 105 cm³/mol. The number of hydrogen-bond acceptors (Lipinski definition) is 4. The number of anilines is 1. The largest absolute Gasteiger partial charge is 0.464 e. The van der Waals surface area contributed by atoms with E-state index in [4.69, 9.17) is 32.4 Å². The molecule has 0 aliphatic heterocycles. The molecule has 1 N–H and O–H groups in total. The lowest BCUT2D eigenvalue weighted by Gasteiger charge is -2.14. The maximum absolute atomic E-state index is 12.2. The molecule has 0 saturated carbocycles. The van der Waals surface area contributed by atoms with Crippen molar-refractivity contribution in [2.75, 3.05) is 5.32 Å². The number of fused-ring (bicyclic) bond motifs is 1. The molecule has 3 aromatic rings. The van der Waals surface area contributed by atoms with Crippen LogP contribution in [0.2, 0.25) is 10.0 Å². The van der Waals surface area contributed by atoms with Crippen molar-refractivity contribution < 1.29 is 18.7 Å². The van der Waals surface area contributed by atoms with Crippen molar-refractivity contribution in [3.8, 4) is 0 Å². The molecule has 0 aliphatic carbocycles. The highest BCUT2D eigenvalue weighted by Gasteiger charge is 2.20. The predicted octanol–water partition coefficient (Wildman–Crippen LogP) is 5.16. The zero-order valence-electron chi connectivity index (χ0n) is 14.7. The molecule has 1 unspecified atom stereocenters. The number of aryl methyl sites for hydroxylation is 1. The van der Waals surface area contributed by atoms with E-state index in [-0.39, 0.29) is 6.42 Å². The Kier molecular flexibility index (Phi) is 5.73. The van der Waals surface area contributed by atoms with Crippen LogP contribution in [-0.2, 0) is 20.7 Å². The number of carbonyl (C=O) groups excluding carboxylic acids is 2. The van der Waals surface area contributed by atoms with Gasteiger partial charge in [-0.25, -0.2) is 0 Å². The topological polar surface area (TPSA) is 68.5 Å². The van der Waals surface area contributed by atoms with Crippen LogP contribution >= 0.6 is 23.2 Å². The van der Waals surface area contributed by atoms with Gasteiger partial charge in [-0.05, 0) is 43.7 Å². The third-order valence-corrected chi connectivity index (χ3v) is 4.56. The summed E-state index contributed by atoms with van der Waals surface area (Å²) in [5.74, 6) is -1.01. The second-order valence-corrected chi connectivity index (χ2v) is 7.03. The van der Waals surface area contributed by atoms with Gasteiger partial charge in [0.15, 0.2) is 6.10 Å². The molecule has 5 nitrogen and oxygen atoms in total. The number of hydrogen-bond donors (Lipinski definition) is 1. The summed E-state index contributed by atoms with van der Waals surface area (Å²) in [7, 11) is 0. The molecule has 3 rings (SSSR count). The smallest absolute Gasteiger partial charge is 0.311 e. The molecular weight excluding hydrogens is 389 g/mol. The summed E-state index contributed by atoms with van der Waals surface area (Å²) in [5.41, 5.74) is 2.88. The summed E-state index contributed by atoms with van der Waals surface area (Å²) < 4.78 is 10.7. The number of furan rings is 1. The minimum absolute atomic E-state index is 0.00931. The lowest BCUT2D eigenvalue weighted by Crippen LogP contribution is -2.30. The zero-order valence-corrected chi connectivity index (χ0v) is 16.2. The van der Waals surface area contributed by atoms with Gasteiger partial charge in [-0.2, -0.15) is 0 Å². The quantitative estimate of drug-likeness (QED) is 0.595.